The maximum Gasteiger partial charge on any atom is 0.00773 e. The summed E-state index contributed by atoms with van der Waals surface area (Å²) >= 11 is 0. The molecule has 2 aliphatic carbocycles. The first-order valence-electron chi connectivity index (χ1n) is 7.01. The third-order valence-electron chi connectivity index (χ3n) is 4.50. The molecule has 0 bridgehead atoms. The second-order valence-corrected chi connectivity index (χ2v) is 7.99. The molecule has 0 aliphatic heterocycles. The van der Waals surface area contributed by atoms with Gasteiger partial charge in [-0.3, -0.25) is 0 Å². The zero-order valence-electron chi connectivity index (χ0n) is 11.8. The first-order chi connectivity index (χ1) is 7.27. The quantitative estimate of drug-likeness (QED) is 0.766. The van der Waals surface area contributed by atoms with Crippen molar-refractivity contribution in [1.29, 1.82) is 0 Å². The van der Waals surface area contributed by atoms with Crippen LogP contribution in [0.15, 0.2) is 0 Å². The van der Waals surface area contributed by atoms with Crippen LogP contribution in [0.3, 0.4) is 0 Å². The zero-order chi connectivity index (χ0) is 12.0. The molecule has 0 radical (unpaired) electrons. The molecule has 2 fully saturated rings. The summed E-state index contributed by atoms with van der Waals surface area (Å²) in [5.41, 5.74) is 1.04. The predicted octanol–water partition coefficient (Wildman–Crippen LogP) is 3.84. The van der Waals surface area contributed by atoms with E-state index in [9.17, 15) is 0 Å². The molecule has 2 saturated carbocycles. The second-order valence-electron chi connectivity index (χ2n) is 7.99. The highest BCUT2D eigenvalue weighted by atomic mass is 14.9. The molecule has 0 spiro atoms. The van der Waals surface area contributed by atoms with Crippen LogP contribution in [0.5, 0.6) is 0 Å². The lowest BCUT2D eigenvalue weighted by Gasteiger charge is -2.45. The fourth-order valence-corrected chi connectivity index (χ4v) is 3.99. The molecule has 2 rings (SSSR count). The maximum atomic E-state index is 3.83. The van der Waals surface area contributed by atoms with Crippen molar-refractivity contribution >= 4 is 0 Å². The second kappa shape index (κ2) is 4.01. The topological polar surface area (TPSA) is 12.0 Å². The molecule has 2 unspecified atom stereocenters. The van der Waals surface area contributed by atoms with Crippen LogP contribution in [0.2, 0.25) is 0 Å². The lowest BCUT2D eigenvalue weighted by atomic mass is 9.63. The van der Waals surface area contributed by atoms with Gasteiger partial charge >= 0.3 is 0 Å². The minimum Gasteiger partial charge on any atom is -0.314 e. The van der Waals surface area contributed by atoms with Gasteiger partial charge in [0.2, 0.25) is 0 Å². The molecule has 2 aliphatic rings. The van der Waals surface area contributed by atoms with Gasteiger partial charge in [0.15, 0.2) is 0 Å². The van der Waals surface area contributed by atoms with E-state index in [1.54, 1.807) is 0 Å². The molecule has 0 aromatic rings. The molecular formula is C15H29N. The van der Waals surface area contributed by atoms with Crippen LogP contribution in [0, 0.1) is 22.7 Å². The Morgan fingerprint density at radius 1 is 1.06 bits per heavy atom. The number of hydrogen-bond donors (Lipinski definition) is 1. The first kappa shape index (κ1) is 12.4. The lowest BCUT2D eigenvalue weighted by molar-refractivity contribution is 0.0846. The van der Waals surface area contributed by atoms with E-state index in [2.05, 4.69) is 39.9 Å². The molecule has 16 heavy (non-hydrogen) atoms. The predicted molar refractivity (Wildman–Crippen MR) is 70.5 cm³/mol. The Morgan fingerprint density at radius 2 is 1.56 bits per heavy atom. The third-order valence-corrected chi connectivity index (χ3v) is 4.50. The van der Waals surface area contributed by atoms with Crippen molar-refractivity contribution < 1.29 is 0 Å². The summed E-state index contributed by atoms with van der Waals surface area (Å²) in [6.45, 7) is 13.4. The lowest BCUT2D eigenvalue weighted by Crippen LogP contribution is -2.44. The number of rotatable bonds is 3. The van der Waals surface area contributed by atoms with Gasteiger partial charge in [0.1, 0.15) is 0 Å². The van der Waals surface area contributed by atoms with Crippen LogP contribution >= 0.6 is 0 Å². The Hall–Kier alpha value is -0.0400. The van der Waals surface area contributed by atoms with Crippen molar-refractivity contribution in [3.63, 3.8) is 0 Å². The standard InChI is InChI=1S/C15H29N/c1-11-6-12(11)9-16-13-7-14(2,3)10-15(4,5)8-13/h11-13,16H,6-10H2,1-5H3. The fourth-order valence-electron chi connectivity index (χ4n) is 3.99. The summed E-state index contributed by atoms with van der Waals surface area (Å²) in [5, 5.41) is 3.83. The molecule has 1 heteroatoms. The number of nitrogens with one attached hydrogen (secondary N) is 1. The molecule has 0 heterocycles. The highest BCUT2D eigenvalue weighted by Crippen LogP contribution is 2.46. The summed E-state index contributed by atoms with van der Waals surface area (Å²) < 4.78 is 0. The molecule has 1 N–H and O–H groups in total. The summed E-state index contributed by atoms with van der Waals surface area (Å²) in [6, 6.07) is 0.756. The van der Waals surface area contributed by atoms with Gasteiger partial charge in [-0.15, -0.1) is 0 Å². The van der Waals surface area contributed by atoms with Crippen LogP contribution in [0.1, 0.15) is 60.3 Å². The normalized spacial score (nSPS) is 37.3. The fraction of sp³-hybridized carbons (Fsp3) is 1.00. The van der Waals surface area contributed by atoms with Gasteiger partial charge in [0.25, 0.3) is 0 Å². The number of hydrogen-bond acceptors (Lipinski definition) is 1. The maximum absolute atomic E-state index is 3.83. The van der Waals surface area contributed by atoms with Crippen molar-refractivity contribution in [2.75, 3.05) is 6.54 Å². The molecule has 0 aromatic carbocycles. The minimum absolute atomic E-state index is 0.522. The summed E-state index contributed by atoms with van der Waals surface area (Å²) in [7, 11) is 0. The van der Waals surface area contributed by atoms with E-state index in [0.717, 1.165) is 17.9 Å². The van der Waals surface area contributed by atoms with Crippen molar-refractivity contribution in [3.05, 3.63) is 0 Å². The summed E-state index contributed by atoms with van der Waals surface area (Å²) in [4.78, 5) is 0. The third kappa shape index (κ3) is 3.23. The Morgan fingerprint density at radius 3 is 2.00 bits per heavy atom. The van der Waals surface area contributed by atoms with Gasteiger partial charge in [-0.25, -0.2) is 0 Å². The van der Waals surface area contributed by atoms with E-state index < -0.39 is 0 Å². The van der Waals surface area contributed by atoms with E-state index >= 15 is 0 Å². The monoisotopic (exact) mass is 223 g/mol. The minimum atomic E-state index is 0.522. The van der Waals surface area contributed by atoms with Crippen LogP contribution in [0.25, 0.3) is 0 Å². The summed E-state index contributed by atoms with van der Waals surface area (Å²) in [5.74, 6) is 1.96. The Kier molecular flexibility index (Phi) is 3.11. The van der Waals surface area contributed by atoms with Crippen LogP contribution in [0.4, 0.5) is 0 Å². The van der Waals surface area contributed by atoms with E-state index in [4.69, 9.17) is 0 Å². The molecule has 2 atom stereocenters. The van der Waals surface area contributed by atoms with Crippen molar-refractivity contribution in [3.8, 4) is 0 Å². The SMILES string of the molecule is CC1CC1CNC1CC(C)(C)CC(C)(C)C1. The average molecular weight is 223 g/mol. The van der Waals surface area contributed by atoms with Gasteiger partial charge in [-0.05, 0) is 54.9 Å². The van der Waals surface area contributed by atoms with Gasteiger partial charge in [-0.2, -0.15) is 0 Å². The highest BCUT2D eigenvalue weighted by molar-refractivity contribution is 4.93. The Balaban J connectivity index is 1.84. The van der Waals surface area contributed by atoms with Crippen LogP contribution in [-0.4, -0.2) is 12.6 Å². The van der Waals surface area contributed by atoms with Gasteiger partial charge < -0.3 is 5.32 Å². The van der Waals surface area contributed by atoms with E-state index in [1.165, 1.54) is 32.2 Å². The van der Waals surface area contributed by atoms with Crippen molar-refractivity contribution in [2.24, 2.45) is 22.7 Å². The van der Waals surface area contributed by atoms with E-state index in [1.807, 2.05) is 0 Å². The van der Waals surface area contributed by atoms with Crippen molar-refractivity contribution in [2.45, 2.75) is 66.3 Å². The zero-order valence-corrected chi connectivity index (χ0v) is 11.8. The van der Waals surface area contributed by atoms with E-state index in [-0.39, 0.29) is 0 Å². The Labute approximate surface area is 101 Å². The van der Waals surface area contributed by atoms with Gasteiger partial charge in [0, 0.05) is 6.04 Å². The summed E-state index contributed by atoms with van der Waals surface area (Å²) in [6.07, 6.45) is 5.54. The van der Waals surface area contributed by atoms with E-state index in [0.29, 0.717) is 10.8 Å². The van der Waals surface area contributed by atoms with Gasteiger partial charge in [-0.1, -0.05) is 34.6 Å². The molecule has 0 saturated heterocycles. The average Bonchev–Trinajstić information content (AvgIpc) is 2.73. The molecule has 0 aromatic heterocycles. The van der Waals surface area contributed by atoms with Gasteiger partial charge in [0.05, 0.1) is 0 Å². The molecular weight excluding hydrogens is 194 g/mol. The largest absolute Gasteiger partial charge is 0.314 e. The Bertz CT molecular complexity index is 238. The van der Waals surface area contributed by atoms with Crippen LogP contribution in [-0.2, 0) is 0 Å². The smallest absolute Gasteiger partial charge is 0.00773 e. The molecule has 1 nitrogen and oxygen atoms in total. The van der Waals surface area contributed by atoms with Crippen LogP contribution < -0.4 is 5.32 Å². The molecule has 94 valence electrons. The molecule has 0 amide bonds. The highest BCUT2D eigenvalue weighted by Gasteiger charge is 2.39. The first-order valence-corrected chi connectivity index (χ1v) is 7.01. The van der Waals surface area contributed by atoms with Crippen molar-refractivity contribution in [1.82, 2.24) is 5.32 Å².